The van der Waals surface area contributed by atoms with Gasteiger partial charge >= 0.3 is 0 Å². The van der Waals surface area contributed by atoms with Crippen molar-refractivity contribution in [2.24, 2.45) is 7.05 Å². The molecule has 0 aliphatic carbocycles. The van der Waals surface area contributed by atoms with E-state index < -0.39 is 0 Å². The summed E-state index contributed by atoms with van der Waals surface area (Å²) in [5.41, 5.74) is 0.871. The van der Waals surface area contributed by atoms with Gasteiger partial charge in [0.1, 0.15) is 12.4 Å². The Bertz CT molecular complexity index is 861. The lowest BCUT2D eigenvalue weighted by molar-refractivity contribution is 0.0825. The van der Waals surface area contributed by atoms with Gasteiger partial charge in [0.15, 0.2) is 28.6 Å². The van der Waals surface area contributed by atoms with Crippen molar-refractivity contribution in [2.75, 3.05) is 6.61 Å². The van der Waals surface area contributed by atoms with Crippen molar-refractivity contribution in [1.82, 2.24) is 19.9 Å². The van der Waals surface area contributed by atoms with E-state index in [0.717, 1.165) is 33.9 Å². The highest BCUT2D eigenvalue weighted by molar-refractivity contribution is 7.98. The number of hydrogen-bond donors (Lipinski definition) is 0. The zero-order chi connectivity index (χ0) is 16.5. The molecule has 4 rings (SSSR count). The molecule has 3 heterocycles. The minimum atomic E-state index is -0.278. The van der Waals surface area contributed by atoms with Crippen LogP contribution in [0.25, 0.3) is 0 Å². The van der Waals surface area contributed by atoms with Gasteiger partial charge in [-0.05, 0) is 19.1 Å². The van der Waals surface area contributed by atoms with Crippen molar-refractivity contribution in [3.05, 3.63) is 47.6 Å². The Balaban J connectivity index is 1.48. The van der Waals surface area contributed by atoms with Crippen LogP contribution < -0.4 is 9.47 Å². The van der Waals surface area contributed by atoms with Gasteiger partial charge in [-0.15, -0.1) is 10.2 Å². The molecule has 0 saturated heterocycles. The monoisotopic (exact) mass is 344 g/mol. The predicted octanol–water partition coefficient (Wildman–Crippen LogP) is 2.92. The molecule has 0 saturated carbocycles. The summed E-state index contributed by atoms with van der Waals surface area (Å²) in [5.74, 6) is 3.68. The number of hydrogen-bond acceptors (Lipinski definition) is 7. The summed E-state index contributed by atoms with van der Waals surface area (Å²) in [6.07, 6.45) is -0.278. The first kappa shape index (κ1) is 15.1. The van der Waals surface area contributed by atoms with Gasteiger partial charge in [-0.2, -0.15) is 0 Å². The van der Waals surface area contributed by atoms with E-state index in [1.807, 2.05) is 48.9 Å². The summed E-state index contributed by atoms with van der Waals surface area (Å²) in [4.78, 5) is 0. The number of nitrogens with zero attached hydrogens (tertiary/aromatic N) is 4. The lowest BCUT2D eigenvalue weighted by Gasteiger charge is -2.25. The molecule has 1 aliphatic rings. The van der Waals surface area contributed by atoms with Crippen LogP contribution >= 0.6 is 11.8 Å². The van der Waals surface area contributed by atoms with Gasteiger partial charge in [0.2, 0.25) is 0 Å². The number of thioether (sulfide) groups is 1. The summed E-state index contributed by atoms with van der Waals surface area (Å²) in [6.45, 7) is 2.31. The Morgan fingerprint density at radius 1 is 1.25 bits per heavy atom. The van der Waals surface area contributed by atoms with Crippen molar-refractivity contribution in [1.29, 1.82) is 0 Å². The van der Waals surface area contributed by atoms with Crippen LogP contribution in [0.2, 0.25) is 0 Å². The number of benzene rings is 1. The first-order chi connectivity index (χ1) is 11.7. The van der Waals surface area contributed by atoms with E-state index in [4.69, 9.17) is 14.0 Å². The smallest absolute Gasteiger partial charge is 0.192 e. The Labute approximate surface area is 143 Å². The summed E-state index contributed by atoms with van der Waals surface area (Å²) in [7, 11) is 1.92. The molecule has 1 aromatic carbocycles. The Morgan fingerprint density at radius 3 is 2.88 bits per heavy atom. The van der Waals surface area contributed by atoms with Crippen LogP contribution in [-0.4, -0.2) is 26.5 Å². The summed E-state index contributed by atoms with van der Waals surface area (Å²) in [6, 6.07) is 9.54. The summed E-state index contributed by atoms with van der Waals surface area (Å²) < 4.78 is 18.9. The third-order valence-corrected chi connectivity index (χ3v) is 4.73. The Hall–Kier alpha value is -2.48. The van der Waals surface area contributed by atoms with Crippen molar-refractivity contribution < 1.29 is 14.0 Å². The average Bonchev–Trinajstić information content (AvgIpc) is 3.18. The van der Waals surface area contributed by atoms with E-state index in [9.17, 15) is 0 Å². The molecule has 1 atom stereocenters. The van der Waals surface area contributed by atoms with Crippen LogP contribution in [0.4, 0.5) is 0 Å². The molecule has 24 heavy (non-hydrogen) atoms. The minimum absolute atomic E-state index is 0.278. The Morgan fingerprint density at radius 2 is 2.08 bits per heavy atom. The number of ether oxygens (including phenoxy) is 2. The fourth-order valence-electron chi connectivity index (χ4n) is 2.50. The normalized spacial score (nSPS) is 16.3. The standard InChI is InChI=1S/C16H16N4O3S/c1-10-7-11(23-19-10)9-24-16-18-17-15(20(16)2)14-8-21-12-5-3-4-6-13(12)22-14/h3-7,14H,8-9H2,1-2H3. The van der Waals surface area contributed by atoms with E-state index in [2.05, 4.69) is 15.4 Å². The maximum Gasteiger partial charge on any atom is 0.192 e. The van der Waals surface area contributed by atoms with Gasteiger partial charge in [-0.1, -0.05) is 29.1 Å². The molecule has 1 unspecified atom stereocenters. The van der Waals surface area contributed by atoms with E-state index in [0.29, 0.717) is 12.4 Å². The van der Waals surface area contributed by atoms with E-state index >= 15 is 0 Å². The molecule has 0 bridgehead atoms. The fraction of sp³-hybridized carbons (Fsp3) is 0.312. The highest BCUT2D eigenvalue weighted by Crippen LogP contribution is 2.36. The van der Waals surface area contributed by atoms with E-state index in [-0.39, 0.29) is 6.10 Å². The van der Waals surface area contributed by atoms with E-state index in [1.165, 1.54) is 0 Å². The van der Waals surface area contributed by atoms with Crippen LogP contribution in [0, 0.1) is 6.92 Å². The molecule has 124 valence electrons. The second-order valence-electron chi connectivity index (χ2n) is 5.49. The highest BCUT2D eigenvalue weighted by atomic mass is 32.2. The van der Waals surface area contributed by atoms with Crippen molar-refractivity contribution >= 4 is 11.8 Å². The number of para-hydroxylation sites is 2. The SMILES string of the molecule is Cc1cc(CSc2nnc(C3COc4ccccc4O3)n2C)on1. The van der Waals surface area contributed by atoms with Crippen molar-refractivity contribution in [3.8, 4) is 11.5 Å². The molecular weight excluding hydrogens is 328 g/mol. The highest BCUT2D eigenvalue weighted by Gasteiger charge is 2.27. The largest absolute Gasteiger partial charge is 0.485 e. The molecule has 1 aliphatic heterocycles. The zero-order valence-corrected chi connectivity index (χ0v) is 14.1. The van der Waals surface area contributed by atoms with Crippen LogP contribution in [-0.2, 0) is 12.8 Å². The molecule has 0 amide bonds. The molecule has 0 radical (unpaired) electrons. The van der Waals surface area contributed by atoms with Gasteiger partial charge in [-0.3, -0.25) is 0 Å². The first-order valence-corrected chi connectivity index (χ1v) is 8.52. The van der Waals surface area contributed by atoms with Crippen LogP contribution in [0.15, 0.2) is 40.0 Å². The van der Waals surface area contributed by atoms with Crippen LogP contribution in [0.3, 0.4) is 0 Å². The molecule has 8 heteroatoms. The third-order valence-electron chi connectivity index (χ3n) is 3.69. The lowest BCUT2D eigenvalue weighted by atomic mass is 10.2. The lowest BCUT2D eigenvalue weighted by Crippen LogP contribution is -2.24. The maximum absolute atomic E-state index is 5.99. The summed E-state index contributed by atoms with van der Waals surface area (Å²) >= 11 is 1.54. The van der Waals surface area contributed by atoms with Crippen molar-refractivity contribution in [3.63, 3.8) is 0 Å². The second-order valence-corrected chi connectivity index (χ2v) is 6.43. The third kappa shape index (κ3) is 2.84. The van der Waals surface area contributed by atoms with E-state index in [1.54, 1.807) is 11.8 Å². The van der Waals surface area contributed by atoms with Crippen LogP contribution in [0.1, 0.15) is 23.4 Å². The number of aryl methyl sites for hydroxylation is 1. The predicted molar refractivity (Wildman–Crippen MR) is 87.1 cm³/mol. The maximum atomic E-state index is 5.99. The molecule has 7 nitrogen and oxygen atoms in total. The molecule has 2 aromatic heterocycles. The molecule has 0 spiro atoms. The topological polar surface area (TPSA) is 75.2 Å². The summed E-state index contributed by atoms with van der Waals surface area (Å²) in [5, 5.41) is 13.2. The quantitative estimate of drug-likeness (QED) is 0.674. The zero-order valence-electron chi connectivity index (χ0n) is 13.3. The molecular formula is C16H16N4O3S. The number of aromatic nitrogens is 4. The van der Waals surface area contributed by atoms with Gasteiger partial charge in [-0.25, -0.2) is 0 Å². The molecule has 0 fully saturated rings. The Kier molecular flexibility index (Phi) is 3.89. The minimum Gasteiger partial charge on any atom is -0.485 e. The van der Waals surface area contributed by atoms with Gasteiger partial charge in [0.05, 0.1) is 11.4 Å². The first-order valence-electron chi connectivity index (χ1n) is 7.53. The van der Waals surface area contributed by atoms with Crippen molar-refractivity contribution in [2.45, 2.75) is 23.9 Å². The molecule has 0 N–H and O–H groups in total. The van der Waals surface area contributed by atoms with Gasteiger partial charge < -0.3 is 18.6 Å². The fourth-order valence-corrected chi connectivity index (χ4v) is 3.29. The number of rotatable bonds is 4. The van der Waals surface area contributed by atoms with Gasteiger partial charge in [0.25, 0.3) is 0 Å². The van der Waals surface area contributed by atoms with Crippen LogP contribution in [0.5, 0.6) is 11.5 Å². The molecule has 3 aromatic rings. The van der Waals surface area contributed by atoms with Gasteiger partial charge in [0, 0.05) is 13.1 Å². The average molecular weight is 344 g/mol. The number of fused-ring (bicyclic) bond motifs is 1. The second kappa shape index (κ2) is 6.20.